The number of anilines is 1. The molecule has 0 radical (unpaired) electrons. The first-order chi connectivity index (χ1) is 9.97. The monoisotopic (exact) mass is 287 g/mol. The summed E-state index contributed by atoms with van der Waals surface area (Å²) in [5.41, 5.74) is 1.68. The number of ketones is 1. The van der Waals surface area contributed by atoms with E-state index >= 15 is 0 Å². The summed E-state index contributed by atoms with van der Waals surface area (Å²) in [5.74, 6) is -1.57. The van der Waals surface area contributed by atoms with Crippen LogP contribution in [0.3, 0.4) is 0 Å². The maximum absolute atomic E-state index is 13.7. The molecule has 108 valence electrons. The topological polar surface area (TPSA) is 66.4 Å². The van der Waals surface area contributed by atoms with Crippen molar-refractivity contribution >= 4 is 17.4 Å². The van der Waals surface area contributed by atoms with Crippen LogP contribution in [-0.4, -0.2) is 16.9 Å². The third-order valence-electron chi connectivity index (χ3n) is 3.06. The Balaban J connectivity index is 2.10. The number of carboxylic acid groups (broad SMARTS) is 1. The summed E-state index contributed by atoms with van der Waals surface area (Å²) in [6.07, 6.45) is 0. The molecule has 0 amide bonds. The van der Waals surface area contributed by atoms with Gasteiger partial charge in [0.25, 0.3) is 0 Å². The average Bonchev–Trinajstić information content (AvgIpc) is 2.46. The van der Waals surface area contributed by atoms with E-state index in [9.17, 15) is 14.0 Å². The highest BCUT2D eigenvalue weighted by Gasteiger charge is 2.07. The van der Waals surface area contributed by atoms with Crippen LogP contribution in [0.5, 0.6) is 0 Å². The molecule has 21 heavy (non-hydrogen) atoms. The highest BCUT2D eigenvalue weighted by molar-refractivity contribution is 5.95. The zero-order valence-electron chi connectivity index (χ0n) is 11.4. The first-order valence-electron chi connectivity index (χ1n) is 6.34. The van der Waals surface area contributed by atoms with Gasteiger partial charge in [0.15, 0.2) is 5.78 Å². The Bertz CT molecular complexity index is 680. The van der Waals surface area contributed by atoms with E-state index in [-0.39, 0.29) is 17.0 Å². The van der Waals surface area contributed by atoms with E-state index in [1.165, 1.54) is 37.3 Å². The van der Waals surface area contributed by atoms with Gasteiger partial charge in [-0.05, 0) is 42.8 Å². The number of carboxylic acids is 1. The van der Waals surface area contributed by atoms with E-state index in [2.05, 4.69) is 5.32 Å². The lowest BCUT2D eigenvalue weighted by Crippen LogP contribution is -2.04. The third kappa shape index (κ3) is 3.66. The number of aromatic carboxylic acids is 1. The zero-order chi connectivity index (χ0) is 15.4. The quantitative estimate of drug-likeness (QED) is 0.828. The van der Waals surface area contributed by atoms with Gasteiger partial charge in [0.1, 0.15) is 5.82 Å². The Morgan fingerprint density at radius 1 is 1.10 bits per heavy atom. The smallest absolute Gasteiger partial charge is 0.335 e. The summed E-state index contributed by atoms with van der Waals surface area (Å²) in [4.78, 5) is 22.0. The van der Waals surface area contributed by atoms with Crippen LogP contribution in [0.25, 0.3) is 0 Å². The number of rotatable bonds is 5. The van der Waals surface area contributed by atoms with Gasteiger partial charge in [-0.15, -0.1) is 0 Å². The Morgan fingerprint density at radius 2 is 1.71 bits per heavy atom. The first-order valence-corrected chi connectivity index (χ1v) is 6.34. The molecule has 0 bridgehead atoms. The minimum Gasteiger partial charge on any atom is -0.478 e. The van der Waals surface area contributed by atoms with Crippen molar-refractivity contribution in [3.63, 3.8) is 0 Å². The predicted molar refractivity (Wildman–Crippen MR) is 77.1 cm³/mol. The molecule has 0 heterocycles. The second-order valence-corrected chi connectivity index (χ2v) is 4.61. The van der Waals surface area contributed by atoms with E-state index in [1.807, 2.05) is 0 Å². The van der Waals surface area contributed by atoms with Crippen molar-refractivity contribution in [2.75, 3.05) is 5.32 Å². The number of Topliss-reactive ketones (excluding diaryl/α,β-unsaturated/α-hetero) is 1. The second kappa shape index (κ2) is 6.17. The highest BCUT2D eigenvalue weighted by atomic mass is 19.1. The molecule has 0 aliphatic rings. The molecule has 0 atom stereocenters. The van der Waals surface area contributed by atoms with Crippen LogP contribution >= 0.6 is 0 Å². The molecule has 2 aromatic carbocycles. The molecular weight excluding hydrogens is 273 g/mol. The lowest BCUT2D eigenvalue weighted by molar-refractivity contribution is 0.0696. The Labute approximate surface area is 121 Å². The van der Waals surface area contributed by atoms with Gasteiger partial charge in [-0.25, -0.2) is 9.18 Å². The van der Waals surface area contributed by atoms with Gasteiger partial charge in [0, 0.05) is 12.1 Å². The van der Waals surface area contributed by atoms with Gasteiger partial charge in [-0.3, -0.25) is 4.79 Å². The summed E-state index contributed by atoms with van der Waals surface area (Å²) in [7, 11) is 0. The maximum atomic E-state index is 13.7. The van der Waals surface area contributed by atoms with Crippen LogP contribution in [0, 0.1) is 5.82 Å². The second-order valence-electron chi connectivity index (χ2n) is 4.61. The summed E-state index contributed by atoms with van der Waals surface area (Å²) in [6, 6.07) is 10.4. The highest BCUT2D eigenvalue weighted by Crippen LogP contribution is 2.18. The fraction of sp³-hybridized carbons (Fsp3) is 0.125. The molecule has 0 aromatic heterocycles. The van der Waals surface area contributed by atoms with Gasteiger partial charge in [0.2, 0.25) is 0 Å². The van der Waals surface area contributed by atoms with Crippen molar-refractivity contribution in [2.45, 2.75) is 13.5 Å². The fourth-order valence-corrected chi connectivity index (χ4v) is 1.84. The Morgan fingerprint density at radius 3 is 2.29 bits per heavy atom. The molecule has 0 saturated heterocycles. The molecule has 0 unspecified atom stereocenters. The molecule has 0 saturated carbocycles. The molecule has 0 spiro atoms. The third-order valence-corrected chi connectivity index (χ3v) is 3.06. The molecule has 0 aliphatic carbocycles. The van der Waals surface area contributed by atoms with Crippen molar-refractivity contribution in [1.82, 2.24) is 0 Å². The van der Waals surface area contributed by atoms with Gasteiger partial charge < -0.3 is 10.4 Å². The summed E-state index contributed by atoms with van der Waals surface area (Å²) >= 11 is 0. The van der Waals surface area contributed by atoms with Crippen LogP contribution in [0.4, 0.5) is 10.1 Å². The Kier molecular flexibility index (Phi) is 4.33. The molecule has 2 aromatic rings. The van der Waals surface area contributed by atoms with Crippen molar-refractivity contribution in [3.8, 4) is 0 Å². The summed E-state index contributed by atoms with van der Waals surface area (Å²) in [6.45, 7) is 1.75. The first kappa shape index (κ1) is 14.7. The minimum absolute atomic E-state index is 0.135. The molecule has 2 N–H and O–H groups in total. The van der Waals surface area contributed by atoms with E-state index < -0.39 is 11.8 Å². The van der Waals surface area contributed by atoms with Crippen LogP contribution in [0.15, 0.2) is 42.5 Å². The minimum atomic E-state index is -0.991. The van der Waals surface area contributed by atoms with E-state index in [0.29, 0.717) is 12.1 Å². The van der Waals surface area contributed by atoms with Gasteiger partial charge >= 0.3 is 5.97 Å². The van der Waals surface area contributed by atoms with Crippen molar-refractivity contribution in [1.29, 1.82) is 0 Å². The molecule has 0 fully saturated rings. The average molecular weight is 287 g/mol. The number of carbonyl (C=O) groups is 2. The Hall–Kier alpha value is -2.69. The number of hydrogen-bond acceptors (Lipinski definition) is 3. The normalized spacial score (nSPS) is 10.2. The molecular formula is C16H14FNO3. The van der Waals surface area contributed by atoms with Crippen molar-refractivity contribution in [3.05, 3.63) is 65.0 Å². The van der Waals surface area contributed by atoms with Gasteiger partial charge in [-0.1, -0.05) is 12.1 Å². The summed E-state index contributed by atoms with van der Waals surface area (Å²) < 4.78 is 13.7. The number of benzene rings is 2. The van der Waals surface area contributed by atoms with Gasteiger partial charge in [-0.2, -0.15) is 0 Å². The largest absolute Gasteiger partial charge is 0.478 e. The van der Waals surface area contributed by atoms with Crippen LogP contribution < -0.4 is 5.32 Å². The van der Waals surface area contributed by atoms with Crippen molar-refractivity contribution < 1.29 is 19.1 Å². The number of carbonyl (C=O) groups excluding carboxylic acids is 1. The van der Waals surface area contributed by atoms with Crippen LogP contribution in [0.2, 0.25) is 0 Å². The van der Waals surface area contributed by atoms with E-state index in [4.69, 9.17) is 5.11 Å². The van der Waals surface area contributed by atoms with E-state index in [1.54, 1.807) is 12.1 Å². The number of hydrogen-bond donors (Lipinski definition) is 2. The van der Waals surface area contributed by atoms with Crippen LogP contribution in [0.1, 0.15) is 33.2 Å². The fourth-order valence-electron chi connectivity index (χ4n) is 1.84. The number of nitrogens with one attached hydrogen (secondary N) is 1. The SMILES string of the molecule is CC(=O)c1ccc(F)c(NCc2ccc(C(=O)O)cc2)c1. The lowest BCUT2D eigenvalue weighted by atomic mass is 10.1. The van der Waals surface area contributed by atoms with Gasteiger partial charge in [0.05, 0.1) is 11.3 Å². The van der Waals surface area contributed by atoms with E-state index in [0.717, 1.165) is 5.56 Å². The number of halogens is 1. The molecule has 2 rings (SSSR count). The molecule has 4 nitrogen and oxygen atoms in total. The van der Waals surface area contributed by atoms with Crippen LogP contribution in [-0.2, 0) is 6.54 Å². The molecule has 5 heteroatoms. The zero-order valence-corrected chi connectivity index (χ0v) is 11.4. The maximum Gasteiger partial charge on any atom is 0.335 e. The molecule has 0 aliphatic heterocycles. The standard InChI is InChI=1S/C16H14FNO3/c1-10(19)13-6-7-14(17)15(8-13)18-9-11-2-4-12(5-3-11)16(20)21/h2-8,18H,9H2,1H3,(H,20,21). The van der Waals surface area contributed by atoms with Crippen molar-refractivity contribution in [2.24, 2.45) is 0 Å². The summed E-state index contributed by atoms with van der Waals surface area (Å²) in [5, 5.41) is 11.7. The predicted octanol–water partition coefficient (Wildman–Crippen LogP) is 3.34. The lowest BCUT2D eigenvalue weighted by Gasteiger charge is -2.09.